The van der Waals surface area contributed by atoms with E-state index in [0.717, 1.165) is 36.0 Å². The summed E-state index contributed by atoms with van der Waals surface area (Å²) in [5, 5.41) is 21.7. The molecule has 3 fully saturated rings. The summed E-state index contributed by atoms with van der Waals surface area (Å²) in [5.74, 6) is -0.548. The molecule has 1 aliphatic heterocycles. The standard InChI is InChI=1S/C48H68O8/c1-12-13-14-25-43(52)54-33-38(26-27-42-44(6,7)30-40(55-37(5)49)31-46(42,10)53)24-18-22-35(3)20-16-15-19-34(2)21-17-23-36(4)41(51)32-48-45(8,9)28-39(50)29-47(48,11)56-48/h15-24,26,39-40,50,53H,12-14,25,28-33H2,1-11H3. The molecule has 0 radical (unpaired) electrons. The molecule has 56 heavy (non-hydrogen) atoms. The summed E-state index contributed by atoms with van der Waals surface area (Å²) in [6.45, 7) is 21.3. The number of ether oxygens (including phenoxy) is 3. The average Bonchev–Trinajstić information content (AvgIpc) is 3.68. The van der Waals surface area contributed by atoms with Gasteiger partial charge in [0.2, 0.25) is 0 Å². The third kappa shape index (κ3) is 12.9. The molecule has 8 nitrogen and oxygen atoms in total. The van der Waals surface area contributed by atoms with Crippen LogP contribution in [-0.2, 0) is 28.6 Å². The van der Waals surface area contributed by atoms with Crippen molar-refractivity contribution in [3.05, 3.63) is 100 Å². The highest BCUT2D eigenvalue weighted by Gasteiger charge is 2.76. The minimum Gasteiger partial charge on any atom is -0.462 e. The Labute approximate surface area is 336 Å². The number of unbranched alkanes of at least 4 members (excludes halogenated alkanes) is 2. The van der Waals surface area contributed by atoms with Crippen LogP contribution >= 0.6 is 0 Å². The molecule has 0 spiro atoms. The predicted octanol–water partition coefficient (Wildman–Crippen LogP) is 9.80. The van der Waals surface area contributed by atoms with Gasteiger partial charge in [-0.15, -0.1) is 5.73 Å². The second-order valence-corrected chi connectivity index (χ2v) is 17.8. The van der Waals surface area contributed by atoms with E-state index in [2.05, 4.69) is 26.5 Å². The Morgan fingerprint density at radius 2 is 1.46 bits per heavy atom. The SMILES string of the molecule is CCCCCC(=O)OCC(C=C=C1C(C)(C)CC(OC(C)=O)CC1(C)O)=CC=CC(C)=CC=CC=C(C)C=CC=C(C)C(=O)CC12OC1(C)CC(O)CC2(C)C. The number of rotatable bonds is 17. The van der Waals surface area contributed by atoms with Gasteiger partial charge in [-0.1, -0.05) is 119 Å². The second kappa shape index (κ2) is 19.6. The Morgan fingerprint density at radius 1 is 0.839 bits per heavy atom. The highest BCUT2D eigenvalue weighted by atomic mass is 16.6. The van der Waals surface area contributed by atoms with Gasteiger partial charge in [0.05, 0.1) is 17.3 Å². The van der Waals surface area contributed by atoms with Gasteiger partial charge in [-0.05, 0) is 81.9 Å². The van der Waals surface area contributed by atoms with Crippen molar-refractivity contribution in [2.24, 2.45) is 10.8 Å². The van der Waals surface area contributed by atoms with E-state index in [9.17, 15) is 24.6 Å². The Balaban J connectivity index is 1.67. The first-order valence-electron chi connectivity index (χ1n) is 20.2. The van der Waals surface area contributed by atoms with Crippen LogP contribution in [0.4, 0.5) is 0 Å². The van der Waals surface area contributed by atoms with E-state index < -0.39 is 28.3 Å². The van der Waals surface area contributed by atoms with Gasteiger partial charge in [-0.3, -0.25) is 14.4 Å². The Hall–Kier alpha value is -3.81. The van der Waals surface area contributed by atoms with Gasteiger partial charge in [0.15, 0.2) is 5.78 Å². The van der Waals surface area contributed by atoms with Crippen molar-refractivity contribution in [1.29, 1.82) is 0 Å². The Bertz CT molecular complexity index is 1710. The molecule has 5 unspecified atom stereocenters. The molecule has 1 heterocycles. The molecule has 2 N–H and O–H groups in total. The third-order valence-electron chi connectivity index (χ3n) is 11.4. The predicted molar refractivity (Wildman–Crippen MR) is 224 cm³/mol. The number of Topliss-reactive ketones (excluding diaryl/α,β-unsaturated/α-hetero) is 1. The van der Waals surface area contributed by atoms with Crippen molar-refractivity contribution in [2.45, 2.75) is 163 Å². The molecule has 2 saturated carbocycles. The number of hydrogen-bond acceptors (Lipinski definition) is 8. The molecule has 3 rings (SSSR count). The maximum Gasteiger partial charge on any atom is 0.306 e. The second-order valence-electron chi connectivity index (χ2n) is 17.8. The summed E-state index contributed by atoms with van der Waals surface area (Å²) in [5.41, 5.74) is 4.50. The van der Waals surface area contributed by atoms with Crippen molar-refractivity contribution in [1.82, 2.24) is 0 Å². The van der Waals surface area contributed by atoms with Gasteiger partial charge in [0.25, 0.3) is 0 Å². The van der Waals surface area contributed by atoms with Crippen molar-refractivity contribution >= 4 is 17.7 Å². The van der Waals surface area contributed by atoms with E-state index in [4.69, 9.17) is 14.2 Å². The minimum atomic E-state index is -1.23. The van der Waals surface area contributed by atoms with E-state index in [-0.39, 0.29) is 42.3 Å². The maximum absolute atomic E-state index is 13.2. The van der Waals surface area contributed by atoms with Crippen LogP contribution in [0.25, 0.3) is 0 Å². The fourth-order valence-electron chi connectivity index (χ4n) is 8.55. The number of ketones is 1. The van der Waals surface area contributed by atoms with Gasteiger partial charge in [-0.2, -0.15) is 0 Å². The summed E-state index contributed by atoms with van der Waals surface area (Å²) < 4.78 is 17.3. The van der Waals surface area contributed by atoms with Crippen molar-refractivity contribution in [3.8, 4) is 0 Å². The zero-order valence-corrected chi connectivity index (χ0v) is 35.9. The molecule has 8 heteroatoms. The van der Waals surface area contributed by atoms with Crippen molar-refractivity contribution < 1.29 is 38.8 Å². The quantitative estimate of drug-likeness (QED) is 0.0374. The highest BCUT2D eigenvalue weighted by molar-refractivity contribution is 5.96. The first-order chi connectivity index (χ1) is 26.1. The molecule has 1 saturated heterocycles. The lowest BCUT2D eigenvalue weighted by atomic mass is 9.61. The molecule has 5 atom stereocenters. The normalized spacial score (nSPS) is 29.3. The van der Waals surface area contributed by atoms with Gasteiger partial charge >= 0.3 is 11.9 Å². The van der Waals surface area contributed by atoms with Crippen molar-refractivity contribution in [2.75, 3.05) is 6.61 Å². The van der Waals surface area contributed by atoms with Crippen LogP contribution in [0.1, 0.15) is 134 Å². The zero-order chi connectivity index (χ0) is 42.0. The smallest absolute Gasteiger partial charge is 0.306 e. The number of hydrogen-bond donors (Lipinski definition) is 2. The Kier molecular flexibility index (Phi) is 16.3. The lowest BCUT2D eigenvalue weighted by Gasteiger charge is -2.44. The number of fused-ring (bicyclic) bond motifs is 1. The summed E-state index contributed by atoms with van der Waals surface area (Å²) >= 11 is 0. The summed E-state index contributed by atoms with van der Waals surface area (Å²) in [6, 6.07) is 0. The van der Waals surface area contributed by atoms with E-state index in [1.807, 2.05) is 102 Å². The lowest BCUT2D eigenvalue weighted by molar-refractivity contribution is -0.152. The Morgan fingerprint density at radius 3 is 2.04 bits per heavy atom. The summed E-state index contributed by atoms with van der Waals surface area (Å²) in [6.07, 6.45) is 25.8. The number of esters is 2. The van der Waals surface area contributed by atoms with Crippen LogP contribution in [-0.4, -0.2) is 63.6 Å². The van der Waals surface area contributed by atoms with Gasteiger partial charge in [-0.25, -0.2) is 0 Å². The maximum atomic E-state index is 13.2. The van der Waals surface area contributed by atoms with Crippen LogP contribution in [0.5, 0.6) is 0 Å². The van der Waals surface area contributed by atoms with Crippen molar-refractivity contribution in [3.63, 3.8) is 0 Å². The highest BCUT2D eigenvalue weighted by Crippen LogP contribution is 2.67. The van der Waals surface area contributed by atoms with Crippen LogP contribution in [0.15, 0.2) is 100 Å². The fraction of sp³-hybridized carbons (Fsp3) is 0.583. The van der Waals surface area contributed by atoms with Crippen LogP contribution in [0, 0.1) is 10.8 Å². The number of carbonyl (C=O) groups is 3. The average molecular weight is 773 g/mol. The van der Waals surface area contributed by atoms with E-state index in [0.29, 0.717) is 43.3 Å². The summed E-state index contributed by atoms with van der Waals surface area (Å²) in [7, 11) is 0. The largest absolute Gasteiger partial charge is 0.462 e. The summed E-state index contributed by atoms with van der Waals surface area (Å²) in [4.78, 5) is 37.2. The minimum absolute atomic E-state index is 0.0634. The lowest BCUT2D eigenvalue weighted by Crippen LogP contribution is -2.48. The molecule has 3 aliphatic rings. The molecule has 0 aromatic heterocycles. The van der Waals surface area contributed by atoms with Gasteiger partial charge < -0.3 is 24.4 Å². The molecular weight excluding hydrogens is 705 g/mol. The fourth-order valence-corrected chi connectivity index (χ4v) is 8.55. The van der Waals surface area contributed by atoms with Crippen LogP contribution in [0.3, 0.4) is 0 Å². The number of allylic oxidation sites excluding steroid dienone is 13. The monoisotopic (exact) mass is 772 g/mol. The third-order valence-corrected chi connectivity index (χ3v) is 11.4. The van der Waals surface area contributed by atoms with Crippen LogP contribution < -0.4 is 0 Å². The first-order valence-corrected chi connectivity index (χ1v) is 20.2. The number of epoxide rings is 1. The van der Waals surface area contributed by atoms with E-state index >= 15 is 0 Å². The molecule has 308 valence electrons. The van der Waals surface area contributed by atoms with E-state index in [1.165, 1.54) is 6.92 Å². The molecule has 0 aromatic carbocycles. The molecular formula is C48H68O8. The number of aliphatic hydroxyl groups is 2. The van der Waals surface area contributed by atoms with Crippen LogP contribution in [0.2, 0.25) is 0 Å². The molecule has 0 aromatic rings. The zero-order valence-electron chi connectivity index (χ0n) is 35.9. The topological polar surface area (TPSA) is 123 Å². The molecule has 0 amide bonds. The number of aliphatic hydroxyl groups excluding tert-OH is 1. The van der Waals surface area contributed by atoms with Gasteiger partial charge in [0, 0.05) is 38.2 Å². The van der Waals surface area contributed by atoms with Gasteiger partial charge in [0.1, 0.15) is 18.3 Å². The van der Waals surface area contributed by atoms with E-state index in [1.54, 1.807) is 13.0 Å². The molecule has 2 aliphatic carbocycles. The number of carbonyl (C=O) groups excluding carboxylic acids is 3. The molecule has 0 bridgehead atoms. The first kappa shape index (κ1) is 46.6.